The number of anilines is 1. The maximum absolute atomic E-state index is 12.5. The van der Waals surface area contributed by atoms with Crippen molar-refractivity contribution in [1.29, 1.82) is 0 Å². The Balaban J connectivity index is 2.09. The Morgan fingerprint density at radius 2 is 2.10 bits per heavy atom. The van der Waals surface area contributed by atoms with E-state index in [1.54, 1.807) is 17.0 Å². The molecule has 0 aliphatic carbocycles. The van der Waals surface area contributed by atoms with Crippen molar-refractivity contribution >= 4 is 23.3 Å². The first-order valence-corrected chi connectivity index (χ1v) is 6.99. The molecule has 0 aromatic carbocycles. The third kappa shape index (κ3) is 3.20. The number of pyridine rings is 1. The van der Waals surface area contributed by atoms with Crippen molar-refractivity contribution < 1.29 is 4.79 Å². The van der Waals surface area contributed by atoms with E-state index in [4.69, 9.17) is 17.4 Å². The maximum Gasteiger partial charge on any atom is 0.274 e. The largest absolute Gasteiger partial charge is 0.337 e. The fraction of sp³-hybridized carbons (Fsp3) is 0.538. The number of nitrogens with one attached hydrogen (secondary N) is 1. The van der Waals surface area contributed by atoms with Crippen LogP contribution in [0.3, 0.4) is 0 Å². The van der Waals surface area contributed by atoms with Crippen LogP contribution < -0.4 is 11.3 Å². The third-order valence-electron chi connectivity index (χ3n) is 3.68. The number of nitrogens with two attached hydrogens (primary N) is 1. The van der Waals surface area contributed by atoms with Crippen LogP contribution >= 0.6 is 11.6 Å². The maximum atomic E-state index is 12.5. The van der Waals surface area contributed by atoms with E-state index in [1.165, 1.54) is 0 Å². The van der Waals surface area contributed by atoms with Crippen molar-refractivity contribution in [3.8, 4) is 0 Å². The number of hydrogen-bond donors (Lipinski definition) is 2. The van der Waals surface area contributed by atoms with Crippen LogP contribution in [-0.2, 0) is 0 Å². The molecular weight excluding hydrogens is 278 g/mol. The van der Waals surface area contributed by atoms with Gasteiger partial charge in [-0.1, -0.05) is 11.6 Å². The molecule has 0 radical (unpaired) electrons. The van der Waals surface area contributed by atoms with Gasteiger partial charge in [-0.15, -0.1) is 0 Å². The average Bonchev–Trinajstić information content (AvgIpc) is 2.47. The highest BCUT2D eigenvalue weighted by molar-refractivity contribution is 6.33. The summed E-state index contributed by atoms with van der Waals surface area (Å²) >= 11 is 6.06. The molecule has 0 unspecified atom stereocenters. The number of nitrogen functional groups attached to an aromatic ring is 1. The number of rotatable bonds is 3. The summed E-state index contributed by atoms with van der Waals surface area (Å²) in [7, 11) is 4.13. The van der Waals surface area contributed by atoms with Crippen LogP contribution in [0.15, 0.2) is 12.1 Å². The van der Waals surface area contributed by atoms with E-state index in [-0.39, 0.29) is 11.6 Å². The van der Waals surface area contributed by atoms with Crippen LogP contribution in [0.25, 0.3) is 0 Å². The van der Waals surface area contributed by atoms with Crippen LogP contribution in [0, 0.1) is 0 Å². The fourth-order valence-electron chi connectivity index (χ4n) is 2.41. The number of amides is 1. The Hall–Kier alpha value is -1.37. The molecule has 1 aliphatic rings. The number of carbonyl (C=O) groups excluding carboxylic acids is 1. The Morgan fingerprint density at radius 3 is 2.65 bits per heavy atom. The standard InChI is InChI=1S/C13H20ClN5O/c1-18(2)9-5-7-19(8-6-9)13(20)12-10(14)3-4-11(16-12)17-15/h3-4,9H,5-8,15H2,1-2H3,(H,16,17). The van der Waals surface area contributed by atoms with Crippen molar-refractivity contribution in [2.24, 2.45) is 5.84 Å². The first-order chi connectivity index (χ1) is 9.52. The van der Waals surface area contributed by atoms with Crippen molar-refractivity contribution in [2.45, 2.75) is 18.9 Å². The number of hydrazine groups is 1. The van der Waals surface area contributed by atoms with Crippen molar-refractivity contribution in [2.75, 3.05) is 32.6 Å². The molecule has 110 valence electrons. The van der Waals surface area contributed by atoms with Gasteiger partial charge in [0.15, 0.2) is 0 Å². The lowest BCUT2D eigenvalue weighted by atomic mass is 10.0. The van der Waals surface area contributed by atoms with Gasteiger partial charge in [0, 0.05) is 19.1 Å². The van der Waals surface area contributed by atoms with Gasteiger partial charge >= 0.3 is 0 Å². The normalized spacial score (nSPS) is 16.6. The molecule has 1 aromatic heterocycles. The molecule has 0 spiro atoms. The molecule has 2 rings (SSSR count). The summed E-state index contributed by atoms with van der Waals surface area (Å²) < 4.78 is 0. The molecule has 0 atom stereocenters. The molecule has 0 saturated carbocycles. The van der Waals surface area contributed by atoms with Gasteiger partial charge in [-0.25, -0.2) is 10.8 Å². The number of hydrogen-bond acceptors (Lipinski definition) is 5. The number of nitrogens with zero attached hydrogens (tertiary/aromatic N) is 3. The highest BCUT2D eigenvalue weighted by Gasteiger charge is 2.26. The average molecular weight is 298 g/mol. The Morgan fingerprint density at radius 1 is 1.45 bits per heavy atom. The predicted molar refractivity (Wildman–Crippen MR) is 79.7 cm³/mol. The summed E-state index contributed by atoms with van der Waals surface area (Å²) in [6.07, 6.45) is 1.93. The number of halogens is 1. The number of piperidine rings is 1. The minimum Gasteiger partial charge on any atom is -0.337 e. The summed E-state index contributed by atoms with van der Waals surface area (Å²) in [6.45, 7) is 1.44. The second kappa shape index (κ2) is 6.39. The van der Waals surface area contributed by atoms with Gasteiger partial charge in [-0.3, -0.25) is 4.79 Å². The highest BCUT2D eigenvalue weighted by atomic mass is 35.5. The van der Waals surface area contributed by atoms with Gasteiger partial charge in [0.25, 0.3) is 5.91 Å². The van der Waals surface area contributed by atoms with E-state index < -0.39 is 0 Å². The second-order valence-corrected chi connectivity index (χ2v) is 5.57. The molecule has 1 aliphatic heterocycles. The lowest BCUT2D eigenvalue weighted by molar-refractivity contribution is 0.0658. The number of aromatic nitrogens is 1. The van der Waals surface area contributed by atoms with Gasteiger partial charge in [-0.2, -0.15) is 0 Å². The Kier molecular flexibility index (Phi) is 4.80. The number of likely N-dealkylation sites (tertiary alicyclic amines) is 1. The second-order valence-electron chi connectivity index (χ2n) is 5.16. The van der Waals surface area contributed by atoms with Gasteiger partial charge in [-0.05, 0) is 39.1 Å². The molecule has 3 N–H and O–H groups in total. The minimum absolute atomic E-state index is 0.135. The minimum atomic E-state index is -0.135. The highest BCUT2D eigenvalue weighted by Crippen LogP contribution is 2.21. The smallest absolute Gasteiger partial charge is 0.274 e. The van der Waals surface area contributed by atoms with E-state index in [9.17, 15) is 4.79 Å². The summed E-state index contributed by atoms with van der Waals surface area (Å²) in [5.41, 5.74) is 2.68. The molecular formula is C13H20ClN5O. The van der Waals surface area contributed by atoms with Gasteiger partial charge in [0.1, 0.15) is 11.5 Å². The lowest BCUT2D eigenvalue weighted by Crippen LogP contribution is -2.44. The molecule has 7 heteroatoms. The summed E-state index contributed by atoms with van der Waals surface area (Å²) in [6, 6.07) is 3.79. The van der Waals surface area contributed by atoms with Crippen LogP contribution in [0.5, 0.6) is 0 Å². The molecule has 1 fully saturated rings. The topological polar surface area (TPSA) is 74.5 Å². The van der Waals surface area contributed by atoms with E-state index in [1.807, 2.05) is 0 Å². The zero-order valence-electron chi connectivity index (χ0n) is 11.8. The fourth-order valence-corrected chi connectivity index (χ4v) is 2.59. The third-order valence-corrected chi connectivity index (χ3v) is 3.98. The molecule has 6 nitrogen and oxygen atoms in total. The predicted octanol–water partition coefficient (Wildman–Crippen LogP) is 1.19. The van der Waals surface area contributed by atoms with E-state index in [0.29, 0.717) is 16.9 Å². The quantitative estimate of drug-likeness (QED) is 0.647. The summed E-state index contributed by atoms with van der Waals surface area (Å²) in [5, 5.41) is 0.351. The van der Waals surface area contributed by atoms with Gasteiger partial charge in [0.2, 0.25) is 0 Å². The molecule has 20 heavy (non-hydrogen) atoms. The SMILES string of the molecule is CN(C)C1CCN(C(=O)c2nc(NN)ccc2Cl)CC1. The summed E-state index contributed by atoms with van der Waals surface area (Å²) in [5.74, 6) is 5.61. The molecule has 1 amide bonds. The van der Waals surface area contributed by atoms with Crippen LogP contribution in [0.4, 0.5) is 5.82 Å². The zero-order valence-corrected chi connectivity index (χ0v) is 12.5. The van der Waals surface area contributed by atoms with Crippen molar-refractivity contribution in [1.82, 2.24) is 14.8 Å². The van der Waals surface area contributed by atoms with Crippen LogP contribution in [-0.4, -0.2) is 53.9 Å². The van der Waals surface area contributed by atoms with E-state index >= 15 is 0 Å². The van der Waals surface area contributed by atoms with Gasteiger partial charge < -0.3 is 15.2 Å². The van der Waals surface area contributed by atoms with E-state index in [0.717, 1.165) is 25.9 Å². The van der Waals surface area contributed by atoms with Crippen LogP contribution in [0.2, 0.25) is 5.02 Å². The van der Waals surface area contributed by atoms with Crippen molar-refractivity contribution in [3.05, 3.63) is 22.8 Å². The number of carbonyl (C=O) groups is 1. The first kappa shape index (κ1) is 15.0. The molecule has 2 heterocycles. The van der Waals surface area contributed by atoms with Crippen molar-refractivity contribution in [3.63, 3.8) is 0 Å². The molecule has 0 bridgehead atoms. The van der Waals surface area contributed by atoms with Crippen LogP contribution in [0.1, 0.15) is 23.3 Å². The molecule has 1 aromatic rings. The Labute approximate surface area is 123 Å². The molecule has 1 saturated heterocycles. The monoisotopic (exact) mass is 297 g/mol. The van der Waals surface area contributed by atoms with Gasteiger partial charge in [0.05, 0.1) is 5.02 Å². The van der Waals surface area contributed by atoms with E-state index in [2.05, 4.69) is 29.4 Å². The Bertz CT molecular complexity index is 486. The zero-order chi connectivity index (χ0) is 14.7. The first-order valence-electron chi connectivity index (χ1n) is 6.61. The lowest BCUT2D eigenvalue weighted by Gasteiger charge is -2.35. The summed E-state index contributed by atoms with van der Waals surface area (Å²) in [4.78, 5) is 20.6.